The van der Waals surface area contributed by atoms with E-state index in [1.54, 1.807) is 0 Å². The van der Waals surface area contributed by atoms with Crippen molar-refractivity contribution in [2.45, 2.75) is 31.2 Å². The van der Waals surface area contributed by atoms with Crippen molar-refractivity contribution >= 4 is 22.2 Å². The van der Waals surface area contributed by atoms with Gasteiger partial charge in [-0.05, 0) is 24.1 Å². The van der Waals surface area contributed by atoms with E-state index in [4.69, 9.17) is 0 Å². The molecule has 1 aromatic rings. The first kappa shape index (κ1) is 23.8. The molecular formula is C14H9F9O4S. The fourth-order valence-electron chi connectivity index (χ4n) is 1.94. The van der Waals surface area contributed by atoms with Gasteiger partial charge in [-0.1, -0.05) is 19.1 Å². The quantitative estimate of drug-likeness (QED) is 0.287. The molecule has 0 atom stereocenters. The predicted molar refractivity (Wildman–Crippen MR) is 75.8 cm³/mol. The molecule has 14 heteroatoms. The lowest BCUT2D eigenvalue weighted by atomic mass is 9.97. The zero-order valence-electron chi connectivity index (χ0n) is 13.5. The van der Waals surface area contributed by atoms with Crippen LogP contribution < -0.4 is 0 Å². The van der Waals surface area contributed by atoms with Crippen molar-refractivity contribution in [1.29, 1.82) is 0 Å². The van der Waals surface area contributed by atoms with Crippen LogP contribution in [0.25, 0.3) is 6.08 Å². The lowest BCUT2D eigenvalue weighted by molar-refractivity contribution is -0.162. The lowest BCUT2D eigenvalue weighted by Gasteiger charge is -2.18. The molecule has 0 amide bonds. The van der Waals surface area contributed by atoms with Gasteiger partial charge in [0.2, 0.25) is 0 Å². The highest BCUT2D eigenvalue weighted by Crippen LogP contribution is 2.42. The smallest absolute Gasteiger partial charge is 0.335 e. The first-order valence-corrected chi connectivity index (χ1v) is 8.35. The van der Waals surface area contributed by atoms with Gasteiger partial charge < -0.3 is 4.18 Å². The number of carbonyl (C=O) groups excluding carboxylic acids is 1. The molecule has 0 fully saturated rings. The molecule has 0 saturated heterocycles. The maximum Gasteiger partial charge on any atom is 0.534 e. The Morgan fingerprint density at radius 1 is 1.00 bits per heavy atom. The van der Waals surface area contributed by atoms with Crippen LogP contribution in [0.3, 0.4) is 0 Å². The summed E-state index contributed by atoms with van der Waals surface area (Å²) in [6.07, 6.45) is -11.4. The Kier molecular flexibility index (Phi) is 6.49. The van der Waals surface area contributed by atoms with Crippen LogP contribution in [0.15, 0.2) is 23.8 Å². The number of carbonyl (C=O) groups is 1. The SMILES string of the molecule is CCC(=Cc1cccc(C(F)(F)F)c1C(F)(F)F)C(=O)OS(=O)(=O)C(F)(F)F. The van der Waals surface area contributed by atoms with Gasteiger partial charge in [-0.2, -0.15) is 47.9 Å². The van der Waals surface area contributed by atoms with Crippen LogP contribution in [0.2, 0.25) is 0 Å². The van der Waals surface area contributed by atoms with Gasteiger partial charge in [0.05, 0.1) is 11.1 Å². The summed E-state index contributed by atoms with van der Waals surface area (Å²) in [5.41, 5.74) is -12.5. The van der Waals surface area contributed by atoms with Gasteiger partial charge >= 0.3 is 33.9 Å². The third kappa shape index (κ3) is 5.39. The zero-order valence-corrected chi connectivity index (χ0v) is 14.3. The van der Waals surface area contributed by atoms with Crippen molar-refractivity contribution in [3.05, 3.63) is 40.5 Å². The molecule has 158 valence electrons. The number of alkyl halides is 9. The second-order valence-corrected chi connectivity index (χ2v) is 6.60. The summed E-state index contributed by atoms with van der Waals surface area (Å²) >= 11 is 0. The average Bonchev–Trinajstić information content (AvgIpc) is 2.48. The largest absolute Gasteiger partial charge is 0.534 e. The molecule has 0 unspecified atom stereocenters. The summed E-state index contributed by atoms with van der Waals surface area (Å²) in [5, 5.41) is 0. The highest BCUT2D eigenvalue weighted by Gasteiger charge is 2.50. The molecular weight excluding hydrogens is 435 g/mol. The number of hydrogen-bond donors (Lipinski definition) is 0. The normalized spacial score (nSPS) is 14.1. The van der Waals surface area contributed by atoms with Crippen molar-refractivity contribution < 1.29 is 56.9 Å². The zero-order chi connectivity index (χ0) is 22.1. The van der Waals surface area contributed by atoms with Crippen LogP contribution in [-0.4, -0.2) is 19.9 Å². The van der Waals surface area contributed by atoms with E-state index in [-0.39, 0.29) is 12.1 Å². The average molecular weight is 444 g/mol. The number of rotatable bonds is 4. The minimum absolute atomic E-state index is 0.123. The van der Waals surface area contributed by atoms with Crippen LogP contribution in [0.5, 0.6) is 0 Å². The number of halogens is 9. The first-order chi connectivity index (χ1) is 12.4. The van der Waals surface area contributed by atoms with Crippen LogP contribution in [0.4, 0.5) is 39.5 Å². The molecule has 0 N–H and O–H groups in total. The van der Waals surface area contributed by atoms with Crippen LogP contribution in [-0.2, 0) is 31.4 Å². The molecule has 0 radical (unpaired) electrons. The van der Waals surface area contributed by atoms with Crippen LogP contribution in [0, 0.1) is 0 Å². The second kappa shape index (κ2) is 7.64. The van der Waals surface area contributed by atoms with E-state index in [1.807, 2.05) is 0 Å². The van der Waals surface area contributed by atoms with Crippen molar-refractivity contribution in [3.63, 3.8) is 0 Å². The minimum Gasteiger partial charge on any atom is -0.335 e. The number of benzene rings is 1. The molecule has 4 nitrogen and oxygen atoms in total. The Labute approximate surface area is 151 Å². The van der Waals surface area contributed by atoms with E-state index < -0.39 is 62.6 Å². The Bertz CT molecular complexity index is 878. The van der Waals surface area contributed by atoms with E-state index in [1.165, 1.54) is 0 Å². The molecule has 0 aliphatic carbocycles. The first-order valence-electron chi connectivity index (χ1n) is 6.95. The molecule has 0 bridgehead atoms. The summed E-state index contributed by atoms with van der Waals surface area (Å²) in [6, 6.07) is 1.23. The van der Waals surface area contributed by atoms with Crippen molar-refractivity contribution in [2.24, 2.45) is 0 Å². The van der Waals surface area contributed by atoms with E-state index >= 15 is 0 Å². The summed E-state index contributed by atoms with van der Waals surface area (Å²) < 4.78 is 140. The standard InChI is InChI=1S/C14H9F9O4S/c1-2-7(11(24)27-28(25,26)14(21,22)23)6-8-4-3-5-9(12(15,16)17)10(8)13(18,19)20/h3-6H,2H2,1H3. The van der Waals surface area contributed by atoms with Gasteiger partial charge in [-0.15, -0.1) is 0 Å². The molecule has 0 aliphatic rings. The van der Waals surface area contributed by atoms with Crippen LogP contribution in [0.1, 0.15) is 30.0 Å². The van der Waals surface area contributed by atoms with Crippen LogP contribution >= 0.6 is 0 Å². The Hall–Kier alpha value is -2.25. The second-order valence-electron chi connectivity index (χ2n) is 5.06. The molecule has 1 rings (SSSR count). The molecule has 0 spiro atoms. The predicted octanol–water partition coefficient (Wildman–Crippen LogP) is 4.91. The molecule has 28 heavy (non-hydrogen) atoms. The van der Waals surface area contributed by atoms with E-state index in [9.17, 15) is 52.7 Å². The van der Waals surface area contributed by atoms with Crippen molar-refractivity contribution in [3.8, 4) is 0 Å². The van der Waals surface area contributed by atoms with E-state index in [2.05, 4.69) is 4.18 Å². The maximum absolute atomic E-state index is 13.1. The molecule has 0 aromatic heterocycles. The maximum atomic E-state index is 13.1. The van der Waals surface area contributed by atoms with Crippen molar-refractivity contribution in [2.75, 3.05) is 0 Å². The van der Waals surface area contributed by atoms with Gasteiger partial charge in [-0.3, -0.25) is 0 Å². The summed E-state index contributed by atoms with van der Waals surface area (Å²) in [7, 11) is -6.41. The fourth-order valence-corrected chi connectivity index (χ4v) is 2.34. The van der Waals surface area contributed by atoms with Gasteiger partial charge in [0.15, 0.2) is 0 Å². The van der Waals surface area contributed by atoms with Gasteiger partial charge in [-0.25, -0.2) is 4.79 Å². The Balaban J connectivity index is 3.55. The summed E-state index contributed by atoms with van der Waals surface area (Å²) in [6.45, 7) is 1.04. The fraction of sp³-hybridized carbons (Fsp3) is 0.357. The molecule has 1 aromatic carbocycles. The molecule has 0 saturated carbocycles. The van der Waals surface area contributed by atoms with Gasteiger partial charge in [0, 0.05) is 5.57 Å². The Morgan fingerprint density at radius 3 is 1.93 bits per heavy atom. The monoisotopic (exact) mass is 444 g/mol. The topological polar surface area (TPSA) is 60.4 Å². The number of hydrogen-bond acceptors (Lipinski definition) is 4. The third-order valence-electron chi connectivity index (χ3n) is 3.13. The highest BCUT2D eigenvalue weighted by molar-refractivity contribution is 7.88. The lowest BCUT2D eigenvalue weighted by Crippen LogP contribution is -2.28. The van der Waals surface area contributed by atoms with E-state index in [0.29, 0.717) is 12.1 Å². The summed E-state index contributed by atoms with van der Waals surface area (Å²) in [4.78, 5) is 11.6. The highest BCUT2D eigenvalue weighted by atomic mass is 32.2. The minimum atomic E-state index is -6.41. The van der Waals surface area contributed by atoms with Gasteiger partial charge in [0.25, 0.3) is 0 Å². The van der Waals surface area contributed by atoms with E-state index in [0.717, 1.165) is 6.92 Å². The van der Waals surface area contributed by atoms with Gasteiger partial charge in [0.1, 0.15) is 0 Å². The third-order valence-corrected chi connectivity index (χ3v) is 4.06. The van der Waals surface area contributed by atoms with Crippen molar-refractivity contribution in [1.82, 2.24) is 0 Å². The summed E-state index contributed by atoms with van der Waals surface area (Å²) in [5.74, 6) is -2.18. The Morgan fingerprint density at radius 2 is 1.54 bits per heavy atom. The molecule has 0 heterocycles. The molecule has 0 aliphatic heterocycles.